The maximum atomic E-state index is 13.5. The molecule has 8 unspecified atom stereocenters. The second kappa shape index (κ2) is 59.6. The van der Waals surface area contributed by atoms with E-state index in [0.29, 0.717) is 12.8 Å². The molecule has 11 nitrogen and oxygen atoms in total. The molecule has 0 aromatic carbocycles. The minimum absolute atomic E-state index is 0.0804. The molecule has 0 aliphatic carbocycles. The summed E-state index contributed by atoms with van der Waals surface area (Å²) in [5, 5.41) is 57.1. The summed E-state index contributed by atoms with van der Waals surface area (Å²) in [5.74, 6) is -1.24. The fourth-order valence-corrected chi connectivity index (χ4v) is 9.97. The Morgan fingerprint density at radius 3 is 1.25 bits per heavy atom. The average molecular weight is 1180 g/mol. The molecule has 1 aliphatic rings. The van der Waals surface area contributed by atoms with Crippen molar-refractivity contribution in [1.29, 1.82) is 0 Å². The molecular formula is C73H125NO10. The summed E-state index contributed by atoms with van der Waals surface area (Å²) in [6.07, 6.45) is 71.2. The van der Waals surface area contributed by atoms with Crippen molar-refractivity contribution >= 4 is 11.9 Å². The van der Waals surface area contributed by atoms with E-state index in [9.17, 15) is 35.1 Å². The number of aliphatic hydroxyl groups is 5. The maximum absolute atomic E-state index is 13.5. The Labute approximate surface area is 513 Å². The van der Waals surface area contributed by atoms with Gasteiger partial charge in [-0.05, 0) is 116 Å². The van der Waals surface area contributed by atoms with Crippen LogP contribution in [0.1, 0.15) is 278 Å². The molecule has 0 aromatic heterocycles. The van der Waals surface area contributed by atoms with Gasteiger partial charge in [0.05, 0.1) is 25.4 Å². The summed E-state index contributed by atoms with van der Waals surface area (Å²) in [5.41, 5.74) is 0. The summed E-state index contributed by atoms with van der Waals surface area (Å²) in [6.45, 7) is 5.72. The molecule has 6 N–H and O–H groups in total. The van der Waals surface area contributed by atoms with Gasteiger partial charge in [0.15, 0.2) is 12.4 Å². The summed E-state index contributed by atoms with van der Waals surface area (Å²) in [6, 6.07) is -1.04. The summed E-state index contributed by atoms with van der Waals surface area (Å²) in [7, 11) is 0. The first kappa shape index (κ1) is 78.3. The molecule has 1 aliphatic heterocycles. The summed E-state index contributed by atoms with van der Waals surface area (Å²) < 4.78 is 17.6. The van der Waals surface area contributed by atoms with E-state index in [1.165, 1.54) is 116 Å². The van der Waals surface area contributed by atoms with Crippen LogP contribution in [0.2, 0.25) is 0 Å². The third-order valence-electron chi connectivity index (χ3n) is 15.4. The number of unbranched alkanes of at least 4 members (excludes halogenated alkanes) is 27. The van der Waals surface area contributed by atoms with E-state index in [1.807, 2.05) is 6.08 Å². The van der Waals surface area contributed by atoms with Crippen molar-refractivity contribution in [2.24, 2.45) is 0 Å². The minimum Gasteiger partial charge on any atom is -0.454 e. The monoisotopic (exact) mass is 1180 g/mol. The predicted molar refractivity (Wildman–Crippen MR) is 351 cm³/mol. The van der Waals surface area contributed by atoms with Gasteiger partial charge in [-0.25, -0.2) is 0 Å². The Morgan fingerprint density at radius 2 is 0.821 bits per heavy atom. The fraction of sp³-hybridized carbons (Fsp3) is 0.726. The van der Waals surface area contributed by atoms with Gasteiger partial charge in [-0.15, -0.1) is 0 Å². The molecule has 1 heterocycles. The molecule has 1 fully saturated rings. The van der Waals surface area contributed by atoms with Crippen LogP contribution in [0, 0.1) is 0 Å². The second-order valence-corrected chi connectivity index (χ2v) is 23.2. The van der Waals surface area contributed by atoms with E-state index >= 15 is 0 Å². The number of carbonyl (C=O) groups is 2. The highest BCUT2D eigenvalue weighted by Crippen LogP contribution is 2.26. The van der Waals surface area contributed by atoms with Crippen LogP contribution >= 0.6 is 0 Å². The third kappa shape index (κ3) is 46.5. The summed E-state index contributed by atoms with van der Waals surface area (Å²) >= 11 is 0. The smallest absolute Gasteiger partial charge is 0.306 e. The van der Waals surface area contributed by atoms with Gasteiger partial charge in [0.25, 0.3) is 0 Å². The van der Waals surface area contributed by atoms with Gasteiger partial charge < -0.3 is 45.1 Å². The van der Waals surface area contributed by atoms with Crippen molar-refractivity contribution in [2.45, 2.75) is 327 Å². The summed E-state index contributed by atoms with van der Waals surface area (Å²) in [4.78, 5) is 26.6. The first-order valence-corrected chi connectivity index (χ1v) is 34.2. The molecule has 0 radical (unpaired) electrons. The molecule has 0 spiro atoms. The standard InChI is InChI=1S/C73H125NO10/c1-4-7-10-13-16-19-22-25-27-29-31-32-33-34-35-37-38-40-42-45-48-51-54-57-60-66(77)72(81)74-64(65(76)59-56-53-50-47-44-24-21-18-15-12-9-6-3)63-82-73-71(70(80)69(79)67(62-75)83-73)84-68(78)61-58-55-52-49-46-43-41-39-36-30-28-26-23-20-17-14-11-8-5-2/h16-17,19-20,25-28,31-32,34-36,39,43,46,56,59,64-67,69-71,73,75-77,79-80H,4-15,18,21-24,29-30,33,37-38,40-42,44-45,47-55,57-58,60-63H2,1-3H3,(H,74,81)/b19-16-,20-17-,27-25-,28-26-,32-31-,35-34-,39-36-,46-43-,59-56+. The topological polar surface area (TPSA) is 175 Å². The highest BCUT2D eigenvalue weighted by molar-refractivity contribution is 5.80. The van der Waals surface area contributed by atoms with Gasteiger partial charge in [-0.1, -0.05) is 265 Å². The van der Waals surface area contributed by atoms with E-state index < -0.39 is 67.4 Å². The minimum atomic E-state index is -1.63. The molecule has 84 heavy (non-hydrogen) atoms. The number of amides is 1. The Balaban J connectivity index is 2.64. The molecule has 0 bridgehead atoms. The number of esters is 1. The molecule has 0 saturated carbocycles. The Bertz CT molecular complexity index is 1780. The first-order valence-electron chi connectivity index (χ1n) is 34.2. The van der Waals surface area contributed by atoms with Gasteiger partial charge >= 0.3 is 5.97 Å². The number of carbonyl (C=O) groups excluding carboxylic acids is 2. The van der Waals surface area contributed by atoms with Crippen molar-refractivity contribution in [3.63, 3.8) is 0 Å². The van der Waals surface area contributed by atoms with E-state index in [0.717, 1.165) is 116 Å². The van der Waals surface area contributed by atoms with E-state index in [-0.39, 0.29) is 19.4 Å². The zero-order valence-electron chi connectivity index (χ0n) is 53.5. The zero-order chi connectivity index (χ0) is 61.0. The Morgan fingerprint density at radius 1 is 0.464 bits per heavy atom. The maximum Gasteiger partial charge on any atom is 0.306 e. The third-order valence-corrected chi connectivity index (χ3v) is 15.4. The number of hydrogen-bond donors (Lipinski definition) is 6. The number of allylic oxidation sites excluding steroid dienone is 17. The highest BCUT2D eigenvalue weighted by atomic mass is 16.7. The predicted octanol–water partition coefficient (Wildman–Crippen LogP) is 17.2. The van der Waals surface area contributed by atoms with Gasteiger partial charge in [0.2, 0.25) is 5.91 Å². The zero-order valence-corrected chi connectivity index (χ0v) is 53.5. The van der Waals surface area contributed by atoms with Crippen molar-refractivity contribution in [3.8, 4) is 0 Å². The van der Waals surface area contributed by atoms with Crippen LogP contribution in [-0.4, -0.2) is 99.6 Å². The lowest BCUT2D eigenvalue weighted by Crippen LogP contribution is -2.61. The van der Waals surface area contributed by atoms with Gasteiger partial charge in [0, 0.05) is 6.42 Å². The normalized spacial score (nSPS) is 19.2. The second-order valence-electron chi connectivity index (χ2n) is 23.2. The molecule has 8 atom stereocenters. The largest absolute Gasteiger partial charge is 0.454 e. The van der Waals surface area contributed by atoms with Crippen LogP contribution in [0.25, 0.3) is 0 Å². The SMILES string of the molecule is CCCCC/C=C\C/C=C\C/C=C\C/C=C\CCCCCCCCCCC(O)C(=O)NC(COC1OC(CO)C(O)C(O)C1OC(=O)CCCCC/C=C\C/C=C\C/C=C\C/C=C\CCCCC)C(O)/C=C/CCCCCCCCCCCC. The molecular weight excluding hydrogens is 1050 g/mol. The quantitative estimate of drug-likeness (QED) is 0.0195. The van der Waals surface area contributed by atoms with E-state index in [4.69, 9.17) is 14.2 Å². The van der Waals surface area contributed by atoms with Gasteiger partial charge in [-0.2, -0.15) is 0 Å². The molecule has 1 amide bonds. The molecule has 1 rings (SSSR count). The van der Waals surface area contributed by atoms with E-state index in [2.05, 4.69) is 123 Å². The number of nitrogens with one attached hydrogen (secondary N) is 1. The molecule has 0 aromatic rings. The lowest BCUT2D eigenvalue weighted by Gasteiger charge is -2.41. The number of ether oxygens (including phenoxy) is 3. The van der Waals surface area contributed by atoms with Gasteiger partial charge in [-0.3, -0.25) is 9.59 Å². The Hall–Kier alpha value is -3.68. The number of aliphatic hydroxyl groups excluding tert-OH is 5. The average Bonchev–Trinajstić information content (AvgIpc) is 3.54. The van der Waals surface area contributed by atoms with Crippen LogP contribution in [0.15, 0.2) is 109 Å². The van der Waals surface area contributed by atoms with E-state index in [1.54, 1.807) is 6.08 Å². The first-order chi connectivity index (χ1) is 41.2. The molecule has 1 saturated heterocycles. The van der Waals surface area contributed by atoms with Crippen molar-refractivity contribution in [3.05, 3.63) is 109 Å². The van der Waals surface area contributed by atoms with Crippen LogP contribution in [0.5, 0.6) is 0 Å². The van der Waals surface area contributed by atoms with Crippen LogP contribution < -0.4 is 5.32 Å². The van der Waals surface area contributed by atoms with Gasteiger partial charge in [0.1, 0.15) is 24.4 Å². The van der Waals surface area contributed by atoms with Crippen LogP contribution in [0.4, 0.5) is 0 Å². The van der Waals surface area contributed by atoms with Crippen molar-refractivity contribution in [2.75, 3.05) is 13.2 Å². The fourth-order valence-electron chi connectivity index (χ4n) is 9.97. The van der Waals surface area contributed by atoms with Crippen LogP contribution in [0.3, 0.4) is 0 Å². The lowest BCUT2D eigenvalue weighted by molar-refractivity contribution is -0.305. The Kier molecular flexibility index (Phi) is 55.6. The van der Waals surface area contributed by atoms with Crippen molar-refractivity contribution < 1.29 is 49.3 Å². The highest BCUT2D eigenvalue weighted by Gasteiger charge is 2.47. The molecule has 482 valence electrons. The number of rotatable bonds is 57. The van der Waals surface area contributed by atoms with Crippen molar-refractivity contribution in [1.82, 2.24) is 5.32 Å². The lowest BCUT2D eigenvalue weighted by atomic mass is 9.99. The number of hydrogen-bond acceptors (Lipinski definition) is 10. The molecule has 11 heteroatoms. The van der Waals surface area contributed by atoms with Crippen LogP contribution in [-0.2, 0) is 23.8 Å².